The molecule has 0 heterocycles. The molecule has 0 saturated heterocycles. The van der Waals surface area contributed by atoms with Gasteiger partial charge in [0.2, 0.25) is 0 Å². The average Bonchev–Trinajstić information content (AvgIpc) is 2.48. The molecule has 0 unspecified atom stereocenters. The van der Waals surface area contributed by atoms with Crippen molar-refractivity contribution in [2.24, 2.45) is 0 Å². The van der Waals surface area contributed by atoms with Crippen LogP contribution in [0.25, 0.3) is 0 Å². The number of hydrogen-bond donors (Lipinski definition) is 0. The van der Waals surface area contributed by atoms with Crippen molar-refractivity contribution in [3.63, 3.8) is 0 Å². The summed E-state index contributed by atoms with van der Waals surface area (Å²) in [5.74, 6) is 6.85. The summed E-state index contributed by atoms with van der Waals surface area (Å²) in [5, 5.41) is 2.46. The minimum atomic E-state index is -1.86. The van der Waals surface area contributed by atoms with Crippen molar-refractivity contribution < 1.29 is 9.47 Å². The molecule has 0 N–H and O–H groups in total. The molecular weight excluding hydrogens is 321 g/mol. The zero-order valence-electron chi connectivity index (χ0n) is 13.3. The molecule has 0 aromatic heterocycles. The van der Waals surface area contributed by atoms with Crippen LogP contribution in [0.4, 0.5) is 0 Å². The first kappa shape index (κ1) is 16.0. The summed E-state index contributed by atoms with van der Waals surface area (Å²) in [6.07, 6.45) is 0. The van der Waals surface area contributed by atoms with E-state index < -0.39 is 13.3 Å². The molecule has 3 heteroatoms. The minimum absolute atomic E-state index is 0.930. The van der Waals surface area contributed by atoms with Crippen LogP contribution in [0.1, 0.15) is 11.1 Å². The number of benzene rings is 2. The summed E-state index contributed by atoms with van der Waals surface area (Å²) >= 11 is -1.86. The zero-order chi connectivity index (χ0) is 15.3. The second-order valence-corrected chi connectivity index (χ2v) is 16.8. The van der Waals surface area contributed by atoms with Gasteiger partial charge in [0.1, 0.15) is 0 Å². The third-order valence-corrected chi connectivity index (χ3v) is 9.41. The van der Waals surface area contributed by atoms with Gasteiger partial charge in [-0.3, -0.25) is 0 Å². The maximum absolute atomic E-state index is 5.22. The van der Waals surface area contributed by atoms with E-state index in [2.05, 4.69) is 60.0 Å². The van der Waals surface area contributed by atoms with Crippen LogP contribution in [0.15, 0.2) is 48.5 Å². The molecule has 0 amide bonds. The van der Waals surface area contributed by atoms with E-state index in [4.69, 9.17) is 9.47 Å². The summed E-state index contributed by atoms with van der Waals surface area (Å²) in [4.78, 5) is 0. The van der Waals surface area contributed by atoms with Gasteiger partial charge >= 0.3 is 130 Å². The van der Waals surface area contributed by atoms with Crippen molar-refractivity contribution in [2.75, 3.05) is 14.2 Å². The Balaban J connectivity index is 2.02. The topological polar surface area (TPSA) is 18.5 Å². The van der Waals surface area contributed by atoms with Crippen LogP contribution < -0.4 is 9.47 Å². The van der Waals surface area contributed by atoms with E-state index in [0.717, 1.165) is 11.5 Å². The molecule has 2 rings (SSSR count). The molecule has 0 fully saturated rings. The molecule has 2 nitrogen and oxygen atoms in total. The first-order chi connectivity index (χ1) is 10.0. The third kappa shape index (κ3) is 4.81. The molecule has 2 aromatic carbocycles. The van der Waals surface area contributed by atoms with Gasteiger partial charge in [0.05, 0.1) is 0 Å². The molecule has 0 aliphatic rings. The van der Waals surface area contributed by atoms with Crippen molar-refractivity contribution in [2.45, 2.75) is 22.0 Å². The number of rotatable bonds is 6. The van der Waals surface area contributed by atoms with E-state index in [0.29, 0.717) is 0 Å². The molecule has 0 atom stereocenters. The Labute approximate surface area is 130 Å². The van der Waals surface area contributed by atoms with E-state index >= 15 is 0 Å². The molecule has 21 heavy (non-hydrogen) atoms. The average molecular weight is 345 g/mol. The molecule has 2 aromatic rings. The standard InChI is InChI=1S/C18H24GeO2/c1-19(2,13-15-5-9-17(20-3)10-6-15)14-16-7-11-18(21-4)12-8-16/h5-12H,13-14H2,1-4H3. The maximum atomic E-state index is 5.22. The fourth-order valence-electron chi connectivity index (χ4n) is 2.65. The SMILES string of the molecule is COc1ccc([CH2][Ge]([CH3])([CH3])[CH2]c2ccc(OC)cc2)cc1. The summed E-state index contributed by atoms with van der Waals surface area (Å²) < 4.78 is 10.4. The van der Waals surface area contributed by atoms with E-state index in [1.54, 1.807) is 14.2 Å². The van der Waals surface area contributed by atoms with Gasteiger partial charge in [0.15, 0.2) is 0 Å². The van der Waals surface area contributed by atoms with Crippen molar-refractivity contribution in [3.8, 4) is 11.5 Å². The molecule has 0 radical (unpaired) electrons. The quantitative estimate of drug-likeness (QED) is 0.728. The molecule has 112 valence electrons. The molecular formula is C18H24GeO2. The van der Waals surface area contributed by atoms with Crippen LogP contribution in [0.3, 0.4) is 0 Å². The van der Waals surface area contributed by atoms with Crippen molar-refractivity contribution in [3.05, 3.63) is 59.7 Å². The van der Waals surface area contributed by atoms with Crippen LogP contribution >= 0.6 is 0 Å². The number of methoxy groups -OCH3 is 2. The van der Waals surface area contributed by atoms with Crippen LogP contribution in [-0.2, 0) is 10.5 Å². The second-order valence-electron chi connectivity index (χ2n) is 6.21. The van der Waals surface area contributed by atoms with Crippen molar-refractivity contribution in [1.82, 2.24) is 0 Å². The van der Waals surface area contributed by atoms with Crippen LogP contribution in [0, 0.1) is 0 Å². The first-order valence-electron chi connectivity index (χ1n) is 7.28. The third-order valence-electron chi connectivity index (χ3n) is 3.68. The summed E-state index contributed by atoms with van der Waals surface area (Å²) in [6.45, 7) is 0. The predicted octanol–water partition coefficient (Wildman–Crippen LogP) is 4.28. The normalized spacial score (nSPS) is 11.2. The molecule has 0 aliphatic heterocycles. The van der Waals surface area contributed by atoms with Crippen LogP contribution in [0.2, 0.25) is 11.5 Å². The molecule has 0 saturated carbocycles. The van der Waals surface area contributed by atoms with Gasteiger partial charge in [-0.05, 0) is 0 Å². The first-order valence-corrected chi connectivity index (χ1v) is 14.4. The van der Waals surface area contributed by atoms with Crippen LogP contribution in [-0.4, -0.2) is 27.5 Å². The summed E-state index contributed by atoms with van der Waals surface area (Å²) in [7, 11) is 3.42. The zero-order valence-corrected chi connectivity index (χ0v) is 15.4. The van der Waals surface area contributed by atoms with Crippen LogP contribution in [0.5, 0.6) is 11.5 Å². The van der Waals surface area contributed by atoms with Gasteiger partial charge in [0, 0.05) is 0 Å². The molecule has 0 spiro atoms. The Morgan fingerprint density at radius 3 is 1.29 bits per heavy atom. The fourth-order valence-corrected chi connectivity index (χ4v) is 8.54. The molecule has 0 bridgehead atoms. The van der Waals surface area contributed by atoms with E-state index in [-0.39, 0.29) is 0 Å². The number of ether oxygens (including phenoxy) is 2. The Morgan fingerprint density at radius 1 is 0.667 bits per heavy atom. The van der Waals surface area contributed by atoms with Gasteiger partial charge in [-0.1, -0.05) is 0 Å². The van der Waals surface area contributed by atoms with Crippen molar-refractivity contribution in [1.29, 1.82) is 0 Å². The van der Waals surface area contributed by atoms with E-state index in [1.165, 1.54) is 21.6 Å². The van der Waals surface area contributed by atoms with E-state index in [9.17, 15) is 0 Å². The second kappa shape index (κ2) is 7.03. The predicted molar refractivity (Wildman–Crippen MR) is 90.9 cm³/mol. The van der Waals surface area contributed by atoms with E-state index in [1.807, 2.05) is 0 Å². The Bertz CT molecular complexity index is 507. The summed E-state index contributed by atoms with van der Waals surface area (Å²) in [5.41, 5.74) is 2.85. The Morgan fingerprint density at radius 2 is 1.00 bits per heavy atom. The van der Waals surface area contributed by atoms with Gasteiger partial charge in [-0.2, -0.15) is 0 Å². The van der Waals surface area contributed by atoms with Gasteiger partial charge in [-0.15, -0.1) is 0 Å². The summed E-state index contributed by atoms with van der Waals surface area (Å²) in [6, 6.07) is 17.0. The fraction of sp³-hybridized carbons (Fsp3) is 0.333. The Hall–Kier alpha value is -1.42. The molecule has 0 aliphatic carbocycles. The van der Waals surface area contributed by atoms with Crippen molar-refractivity contribution >= 4 is 13.3 Å². The van der Waals surface area contributed by atoms with Gasteiger partial charge in [-0.25, -0.2) is 0 Å². The Kier molecular flexibility index (Phi) is 5.35. The van der Waals surface area contributed by atoms with Gasteiger partial charge in [0.25, 0.3) is 0 Å². The van der Waals surface area contributed by atoms with Gasteiger partial charge < -0.3 is 0 Å². The monoisotopic (exact) mass is 346 g/mol. The number of hydrogen-bond acceptors (Lipinski definition) is 2.